The van der Waals surface area contributed by atoms with Gasteiger partial charge in [-0.05, 0) is 32.3 Å². The van der Waals surface area contributed by atoms with Gasteiger partial charge in [0.05, 0.1) is 16.8 Å². The number of H-pyrrole nitrogens is 1. The van der Waals surface area contributed by atoms with Gasteiger partial charge in [0.2, 0.25) is 0 Å². The molecule has 0 saturated carbocycles. The van der Waals surface area contributed by atoms with E-state index in [1.165, 1.54) is 11.8 Å². The smallest absolute Gasteiger partial charge is 0.191 e. The first kappa shape index (κ1) is 20.2. The van der Waals surface area contributed by atoms with E-state index in [0.29, 0.717) is 18.0 Å². The van der Waals surface area contributed by atoms with Gasteiger partial charge in [0.1, 0.15) is 5.82 Å². The van der Waals surface area contributed by atoms with E-state index in [2.05, 4.69) is 15.2 Å². The molecule has 3 aromatic rings. The van der Waals surface area contributed by atoms with Crippen LogP contribution >= 0.6 is 11.8 Å². The van der Waals surface area contributed by atoms with E-state index in [1.807, 2.05) is 49.7 Å². The highest BCUT2D eigenvalue weighted by Gasteiger charge is 2.30. The number of benzene rings is 1. The van der Waals surface area contributed by atoms with E-state index in [9.17, 15) is 13.2 Å². The van der Waals surface area contributed by atoms with Gasteiger partial charge in [0.15, 0.2) is 20.8 Å². The van der Waals surface area contributed by atoms with Gasteiger partial charge in [0.25, 0.3) is 0 Å². The first-order valence-corrected chi connectivity index (χ1v) is 12.3. The second-order valence-electron chi connectivity index (χ2n) is 7.73. The summed E-state index contributed by atoms with van der Waals surface area (Å²) in [5.41, 5.74) is 2.54. The molecule has 0 amide bonds. The van der Waals surface area contributed by atoms with Crippen molar-refractivity contribution in [2.45, 2.75) is 37.1 Å². The Morgan fingerprint density at radius 3 is 2.83 bits per heavy atom. The molecule has 2 atom stereocenters. The number of aromatic amines is 1. The molecule has 2 aromatic heterocycles. The van der Waals surface area contributed by atoms with Gasteiger partial charge in [-0.15, -0.1) is 10.2 Å². The van der Waals surface area contributed by atoms with Crippen LogP contribution < -0.4 is 0 Å². The number of nitrogens with zero attached hydrogens (tertiary/aromatic N) is 3. The predicted octanol–water partition coefficient (Wildman–Crippen LogP) is 2.95. The number of fused-ring (bicyclic) bond motifs is 1. The molecule has 1 aliphatic rings. The number of hydrogen-bond acceptors (Lipinski definition) is 6. The van der Waals surface area contributed by atoms with Gasteiger partial charge in [-0.25, -0.2) is 8.42 Å². The number of Topliss-reactive ketones (excluding diaryl/α,β-unsaturated/α-hetero) is 1. The summed E-state index contributed by atoms with van der Waals surface area (Å²) in [6, 6.07) is 7.80. The molecule has 0 spiro atoms. The first-order valence-electron chi connectivity index (χ1n) is 9.62. The number of sulfone groups is 1. The Hall–Kier alpha value is -2.13. The molecule has 4 rings (SSSR count). The van der Waals surface area contributed by atoms with E-state index >= 15 is 0 Å². The van der Waals surface area contributed by atoms with Crippen molar-refractivity contribution in [3.05, 3.63) is 41.3 Å². The fourth-order valence-electron chi connectivity index (χ4n) is 3.93. The Kier molecular flexibility index (Phi) is 5.29. The Bertz CT molecular complexity index is 1180. The summed E-state index contributed by atoms with van der Waals surface area (Å²) in [7, 11) is -1.04. The number of ketones is 1. The molecule has 0 bridgehead atoms. The summed E-state index contributed by atoms with van der Waals surface area (Å²) in [5, 5.41) is 9.77. The van der Waals surface area contributed by atoms with Crippen LogP contribution in [-0.4, -0.2) is 50.7 Å². The van der Waals surface area contributed by atoms with Crippen LogP contribution in [-0.2, 0) is 23.3 Å². The normalized spacial score (nSPS) is 19.6. The van der Waals surface area contributed by atoms with Gasteiger partial charge in [-0.2, -0.15) is 0 Å². The quantitative estimate of drug-likeness (QED) is 0.475. The fraction of sp³-hybridized carbons (Fsp3) is 0.450. The lowest BCUT2D eigenvalue weighted by Gasteiger charge is -2.11. The maximum absolute atomic E-state index is 13.1. The number of rotatable bonds is 6. The molecular formula is C20H24N4O3S2. The number of hydrogen-bond donors (Lipinski definition) is 1. The number of aryl methyl sites for hydroxylation is 1. The summed E-state index contributed by atoms with van der Waals surface area (Å²) in [6.45, 7) is 3.80. The zero-order valence-corrected chi connectivity index (χ0v) is 18.3. The van der Waals surface area contributed by atoms with E-state index in [1.54, 1.807) is 0 Å². The molecule has 154 valence electrons. The summed E-state index contributed by atoms with van der Waals surface area (Å²) in [4.78, 5) is 16.4. The molecule has 1 aliphatic heterocycles. The lowest BCUT2D eigenvalue weighted by Crippen LogP contribution is -2.15. The van der Waals surface area contributed by atoms with Crippen LogP contribution in [0.2, 0.25) is 0 Å². The third-order valence-corrected chi connectivity index (χ3v) is 8.49. The topological polar surface area (TPSA) is 97.7 Å². The third-order valence-electron chi connectivity index (χ3n) is 5.51. The van der Waals surface area contributed by atoms with Crippen LogP contribution in [0.4, 0.5) is 0 Å². The number of thioether (sulfide) groups is 1. The number of nitrogens with one attached hydrogen (secondary N) is 1. The van der Waals surface area contributed by atoms with Gasteiger partial charge in [-0.1, -0.05) is 30.0 Å². The van der Waals surface area contributed by atoms with Crippen molar-refractivity contribution in [2.24, 2.45) is 13.0 Å². The Balaban J connectivity index is 1.50. The van der Waals surface area contributed by atoms with Crippen LogP contribution in [0.1, 0.15) is 35.2 Å². The van der Waals surface area contributed by atoms with Gasteiger partial charge in [0, 0.05) is 35.6 Å². The minimum atomic E-state index is -2.91. The van der Waals surface area contributed by atoms with Crippen molar-refractivity contribution >= 4 is 38.3 Å². The lowest BCUT2D eigenvalue weighted by molar-refractivity contribution is 0.0995. The van der Waals surface area contributed by atoms with Crippen LogP contribution in [0.5, 0.6) is 0 Å². The molecule has 1 aromatic carbocycles. The van der Waals surface area contributed by atoms with Crippen molar-refractivity contribution in [3.8, 4) is 0 Å². The fourth-order valence-corrected chi connectivity index (χ4v) is 6.68. The Morgan fingerprint density at radius 2 is 2.10 bits per heavy atom. The highest BCUT2D eigenvalue weighted by molar-refractivity contribution is 8.00. The average Bonchev–Trinajstić information content (AvgIpc) is 3.30. The molecule has 0 unspecified atom stereocenters. The van der Waals surface area contributed by atoms with E-state index in [0.717, 1.165) is 28.0 Å². The highest BCUT2D eigenvalue weighted by Crippen LogP contribution is 2.30. The van der Waals surface area contributed by atoms with Crippen molar-refractivity contribution in [3.63, 3.8) is 0 Å². The van der Waals surface area contributed by atoms with E-state index in [-0.39, 0.29) is 28.5 Å². The van der Waals surface area contributed by atoms with Crippen molar-refractivity contribution in [2.75, 3.05) is 11.5 Å². The number of carbonyl (C=O) groups excluding carboxylic acids is 1. The average molecular weight is 433 g/mol. The molecule has 9 heteroatoms. The largest absolute Gasteiger partial charge is 0.358 e. The third kappa shape index (κ3) is 3.98. The lowest BCUT2D eigenvalue weighted by atomic mass is 10.1. The molecule has 3 heterocycles. The minimum absolute atomic E-state index is 0.0522. The Labute approximate surface area is 174 Å². The van der Waals surface area contributed by atoms with Crippen LogP contribution in [0.25, 0.3) is 10.9 Å². The molecular weight excluding hydrogens is 408 g/mol. The maximum atomic E-state index is 13.1. The van der Waals surface area contributed by atoms with E-state index < -0.39 is 9.84 Å². The van der Waals surface area contributed by atoms with E-state index in [4.69, 9.17) is 0 Å². The number of carbonyl (C=O) groups is 1. The van der Waals surface area contributed by atoms with Gasteiger partial charge in [-0.3, -0.25) is 4.79 Å². The second kappa shape index (κ2) is 7.60. The predicted molar refractivity (Wildman–Crippen MR) is 114 cm³/mol. The van der Waals surface area contributed by atoms with Crippen LogP contribution in [0.3, 0.4) is 0 Å². The van der Waals surface area contributed by atoms with Gasteiger partial charge < -0.3 is 9.55 Å². The summed E-state index contributed by atoms with van der Waals surface area (Å²) in [6.07, 6.45) is 1.26. The first-order chi connectivity index (χ1) is 13.7. The zero-order valence-electron chi connectivity index (χ0n) is 16.7. The van der Waals surface area contributed by atoms with Gasteiger partial charge >= 0.3 is 0 Å². The van der Waals surface area contributed by atoms with Crippen LogP contribution in [0.15, 0.2) is 29.4 Å². The SMILES string of the molecule is Cc1[nH]c2ccccc2c1C(=O)[C@@H](C)Sc1nnc(C[C@@H]2CCS(=O)(=O)C2)n1C. The maximum Gasteiger partial charge on any atom is 0.191 e. The molecule has 1 saturated heterocycles. The number of para-hydroxylation sites is 1. The second-order valence-corrected chi connectivity index (χ2v) is 11.3. The van der Waals surface area contributed by atoms with Crippen molar-refractivity contribution in [1.82, 2.24) is 19.7 Å². The summed E-state index contributed by atoms with van der Waals surface area (Å²) in [5.74, 6) is 1.38. The molecule has 1 N–H and O–H groups in total. The molecule has 7 nitrogen and oxygen atoms in total. The van der Waals surface area contributed by atoms with Crippen LogP contribution in [0, 0.1) is 12.8 Å². The zero-order chi connectivity index (χ0) is 20.8. The molecule has 1 fully saturated rings. The Morgan fingerprint density at radius 1 is 1.34 bits per heavy atom. The van der Waals surface area contributed by atoms with Crippen molar-refractivity contribution in [1.29, 1.82) is 0 Å². The summed E-state index contributed by atoms with van der Waals surface area (Å²) >= 11 is 1.38. The molecule has 0 radical (unpaired) electrons. The molecule has 29 heavy (non-hydrogen) atoms. The molecule has 0 aliphatic carbocycles. The minimum Gasteiger partial charge on any atom is -0.358 e. The monoisotopic (exact) mass is 432 g/mol. The number of aromatic nitrogens is 4. The summed E-state index contributed by atoms with van der Waals surface area (Å²) < 4.78 is 25.3. The van der Waals surface area contributed by atoms with Crippen molar-refractivity contribution < 1.29 is 13.2 Å². The highest BCUT2D eigenvalue weighted by atomic mass is 32.2. The standard InChI is InChI=1S/C20H24N4O3S2/c1-12-18(15-6-4-5-7-16(15)21-12)19(25)13(2)28-20-23-22-17(24(20)3)10-14-8-9-29(26,27)11-14/h4-7,13-14,21H,8-11H2,1-3H3/t13-,14+/m1/s1.